The Morgan fingerprint density at radius 2 is 2.08 bits per heavy atom. The predicted octanol–water partition coefficient (Wildman–Crippen LogP) is -4.03. The molecule has 9 nitrogen and oxygen atoms in total. The van der Waals surface area contributed by atoms with Gasteiger partial charge in [0, 0.05) is 12.4 Å². The Labute approximate surface area is 157 Å². The molecule has 0 amide bonds. The third-order valence-corrected chi connectivity index (χ3v) is 3.26. The number of fused-ring (bicyclic) bond motifs is 3. The normalized spacial score (nSPS) is 10.5. The molecule has 0 atom stereocenters. The van der Waals surface area contributed by atoms with Gasteiger partial charge in [0.2, 0.25) is 0 Å². The number of aliphatic carboxylic acids is 1. The van der Waals surface area contributed by atoms with Crippen LogP contribution in [-0.4, -0.2) is 37.7 Å². The molecule has 3 rings (SSSR count). The van der Waals surface area contributed by atoms with E-state index in [4.69, 9.17) is 4.74 Å². The van der Waals surface area contributed by atoms with Crippen molar-refractivity contribution in [2.24, 2.45) is 0 Å². The van der Waals surface area contributed by atoms with E-state index in [1.165, 1.54) is 29.2 Å². The van der Waals surface area contributed by atoms with Crippen molar-refractivity contribution in [3.63, 3.8) is 0 Å². The zero-order chi connectivity index (χ0) is 16.6. The predicted molar refractivity (Wildman–Crippen MR) is 75.7 cm³/mol. The van der Waals surface area contributed by atoms with Crippen molar-refractivity contribution >= 4 is 28.5 Å². The van der Waals surface area contributed by atoms with Crippen LogP contribution >= 0.6 is 0 Å². The molecule has 118 valence electrons. The number of esters is 1. The second-order valence-electron chi connectivity index (χ2n) is 4.69. The summed E-state index contributed by atoms with van der Waals surface area (Å²) in [7, 11) is 0. The summed E-state index contributed by atoms with van der Waals surface area (Å²) in [6, 6.07) is 1.52. The second kappa shape index (κ2) is 7.12. The monoisotopic (exact) mass is 338 g/mol. The Balaban J connectivity index is 0.00000208. The van der Waals surface area contributed by atoms with E-state index in [1.54, 1.807) is 6.92 Å². The molecule has 3 aromatic rings. The first kappa shape index (κ1) is 18.1. The first-order valence-electron chi connectivity index (χ1n) is 6.75. The molecule has 0 radical (unpaired) electrons. The Morgan fingerprint density at radius 3 is 2.75 bits per heavy atom. The van der Waals surface area contributed by atoms with Crippen molar-refractivity contribution in [2.45, 2.75) is 13.5 Å². The molecule has 0 bridgehead atoms. The van der Waals surface area contributed by atoms with Crippen LogP contribution in [0.2, 0.25) is 0 Å². The van der Waals surface area contributed by atoms with Gasteiger partial charge in [0.15, 0.2) is 5.65 Å². The molecule has 3 aromatic heterocycles. The number of carboxylic acids is 1. The van der Waals surface area contributed by atoms with Gasteiger partial charge in [0.05, 0.1) is 36.2 Å². The minimum Gasteiger partial charge on any atom is -0.548 e. The van der Waals surface area contributed by atoms with Crippen molar-refractivity contribution in [1.29, 1.82) is 0 Å². The molecule has 0 spiro atoms. The third kappa shape index (κ3) is 3.05. The summed E-state index contributed by atoms with van der Waals surface area (Å²) in [6.45, 7) is 1.35. The van der Waals surface area contributed by atoms with E-state index in [0.717, 1.165) is 4.57 Å². The Morgan fingerprint density at radius 1 is 1.33 bits per heavy atom. The Hall–Kier alpha value is -2.23. The zero-order valence-corrected chi connectivity index (χ0v) is 15.1. The molecule has 0 saturated carbocycles. The first-order chi connectivity index (χ1) is 11.0. The fourth-order valence-electron chi connectivity index (χ4n) is 2.27. The topological polar surface area (TPSA) is 119 Å². The number of carbonyl (C=O) groups excluding carboxylic acids is 2. The summed E-state index contributed by atoms with van der Waals surface area (Å²) < 4.78 is 7.26. The van der Waals surface area contributed by atoms with Gasteiger partial charge < -0.3 is 19.2 Å². The number of rotatable bonds is 4. The molecule has 0 aliphatic rings. The maximum atomic E-state index is 12.2. The maximum absolute atomic E-state index is 12.2. The standard InChI is InChI=1S/C14H12N4O5.Na/c1-2-23-14(22)9-6-16-18-10-3-4-17(7-11(19)20)13(21)8(10)5-15-12(9)18;/h3-6H,2,7H2,1H3,(H,19,20);/q;+1/p-1. The van der Waals surface area contributed by atoms with Crippen LogP contribution in [0.3, 0.4) is 0 Å². The summed E-state index contributed by atoms with van der Waals surface area (Å²) in [5, 5.41) is 14.9. The largest absolute Gasteiger partial charge is 1.00 e. The number of nitrogens with zero attached hydrogens (tertiary/aromatic N) is 4. The molecule has 0 aromatic carbocycles. The fourth-order valence-corrected chi connectivity index (χ4v) is 2.27. The number of ether oxygens (including phenoxy) is 1. The minimum atomic E-state index is -1.37. The van der Waals surface area contributed by atoms with Crippen LogP contribution in [-0.2, 0) is 16.1 Å². The molecule has 0 saturated heterocycles. The molecule has 10 heteroatoms. The second-order valence-corrected chi connectivity index (χ2v) is 4.69. The molecule has 24 heavy (non-hydrogen) atoms. The SMILES string of the molecule is CCOC(=O)c1cnn2c1ncc1c(=O)n(CC(=O)[O-])ccc12.[Na+]. The van der Waals surface area contributed by atoms with E-state index in [9.17, 15) is 19.5 Å². The quantitative estimate of drug-likeness (QED) is 0.351. The molecule has 0 aliphatic heterocycles. The van der Waals surface area contributed by atoms with E-state index >= 15 is 0 Å². The number of carboxylic acid groups (broad SMARTS) is 1. The molecular formula is C14H11N4NaO5. The van der Waals surface area contributed by atoms with E-state index in [1.807, 2.05) is 0 Å². The van der Waals surface area contributed by atoms with Gasteiger partial charge >= 0.3 is 35.5 Å². The van der Waals surface area contributed by atoms with Crippen molar-refractivity contribution in [3.05, 3.63) is 40.6 Å². The van der Waals surface area contributed by atoms with Crippen LogP contribution in [0.5, 0.6) is 0 Å². The summed E-state index contributed by atoms with van der Waals surface area (Å²) in [4.78, 5) is 38.8. The molecule has 3 heterocycles. The maximum Gasteiger partial charge on any atom is 1.00 e. The van der Waals surface area contributed by atoms with Crippen LogP contribution in [0, 0.1) is 0 Å². The van der Waals surface area contributed by atoms with Gasteiger partial charge in [0.1, 0.15) is 5.56 Å². The van der Waals surface area contributed by atoms with Crippen LogP contribution in [0.25, 0.3) is 16.6 Å². The van der Waals surface area contributed by atoms with Gasteiger partial charge in [-0.25, -0.2) is 14.3 Å². The van der Waals surface area contributed by atoms with Gasteiger partial charge in [-0.1, -0.05) is 0 Å². The van der Waals surface area contributed by atoms with E-state index in [2.05, 4.69) is 10.1 Å². The number of pyridine rings is 1. The van der Waals surface area contributed by atoms with E-state index < -0.39 is 24.0 Å². The minimum absolute atomic E-state index is 0. The Kier molecular flexibility index (Phi) is 5.37. The number of hydrogen-bond acceptors (Lipinski definition) is 7. The number of carbonyl (C=O) groups is 2. The summed E-state index contributed by atoms with van der Waals surface area (Å²) in [6.07, 6.45) is 3.92. The summed E-state index contributed by atoms with van der Waals surface area (Å²) in [5.74, 6) is -1.93. The van der Waals surface area contributed by atoms with Crippen LogP contribution < -0.4 is 40.2 Å². The van der Waals surface area contributed by atoms with E-state index in [0.29, 0.717) is 5.52 Å². The molecule has 0 N–H and O–H groups in total. The number of hydrogen-bond donors (Lipinski definition) is 0. The van der Waals surface area contributed by atoms with Crippen LogP contribution in [0.4, 0.5) is 0 Å². The van der Waals surface area contributed by atoms with Crippen molar-refractivity contribution in [3.8, 4) is 0 Å². The first-order valence-corrected chi connectivity index (χ1v) is 6.75. The number of aromatic nitrogens is 4. The summed E-state index contributed by atoms with van der Waals surface area (Å²) in [5.41, 5.74) is 0.320. The van der Waals surface area contributed by atoms with Crippen molar-refractivity contribution < 1.29 is 49.0 Å². The molecule has 0 aliphatic carbocycles. The zero-order valence-electron chi connectivity index (χ0n) is 13.1. The van der Waals surface area contributed by atoms with Crippen LogP contribution in [0.15, 0.2) is 29.5 Å². The Bertz CT molecular complexity index is 994. The fraction of sp³-hybridized carbons (Fsp3) is 0.214. The molecule has 0 fully saturated rings. The van der Waals surface area contributed by atoms with Gasteiger partial charge in [-0.15, -0.1) is 0 Å². The summed E-state index contributed by atoms with van der Waals surface area (Å²) >= 11 is 0. The van der Waals surface area contributed by atoms with Gasteiger partial charge in [0.25, 0.3) is 5.56 Å². The molecular weight excluding hydrogens is 327 g/mol. The van der Waals surface area contributed by atoms with Gasteiger partial charge in [-0.05, 0) is 13.0 Å². The molecule has 0 unspecified atom stereocenters. The van der Waals surface area contributed by atoms with Gasteiger partial charge in [-0.2, -0.15) is 5.10 Å². The van der Waals surface area contributed by atoms with Crippen molar-refractivity contribution in [1.82, 2.24) is 19.2 Å². The average molecular weight is 338 g/mol. The average Bonchev–Trinajstić information content (AvgIpc) is 2.94. The van der Waals surface area contributed by atoms with Crippen LogP contribution in [0.1, 0.15) is 17.3 Å². The van der Waals surface area contributed by atoms with Gasteiger partial charge in [-0.3, -0.25) is 4.79 Å². The third-order valence-electron chi connectivity index (χ3n) is 3.26. The smallest absolute Gasteiger partial charge is 0.548 e. The van der Waals surface area contributed by atoms with Crippen molar-refractivity contribution in [2.75, 3.05) is 6.61 Å². The van der Waals surface area contributed by atoms with E-state index in [-0.39, 0.29) is 52.8 Å².